The highest BCUT2D eigenvalue weighted by Gasteiger charge is 2.11. The Morgan fingerprint density at radius 1 is 1.60 bits per heavy atom. The maximum Gasteiger partial charge on any atom is 0.140 e. The highest BCUT2D eigenvalue weighted by atomic mass is 79.9. The Morgan fingerprint density at radius 2 is 2.50 bits per heavy atom. The number of hydrogen-bond donors (Lipinski definition) is 0. The fourth-order valence-corrected chi connectivity index (χ4v) is 1.43. The summed E-state index contributed by atoms with van der Waals surface area (Å²) in [6.45, 7) is 0.799. The topological polar surface area (TPSA) is 22.1 Å². The Kier molecular flexibility index (Phi) is 1.38. The van der Waals surface area contributed by atoms with Crippen molar-refractivity contribution in [3.63, 3.8) is 0 Å². The molecule has 0 aromatic carbocycles. The van der Waals surface area contributed by atoms with Crippen molar-refractivity contribution < 1.29 is 4.74 Å². The van der Waals surface area contributed by atoms with Crippen LogP contribution in [-0.2, 0) is 6.42 Å². The van der Waals surface area contributed by atoms with Crippen molar-refractivity contribution in [1.82, 2.24) is 4.98 Å². The number of aromatic nitrogens is 1. The lowest BCUT2D eigenvalue weighted by molar-refractivity contribution is 0.355. The lowest BCUT2D eigenvalue weighted by atomic mass is 10.2. The van der Waals surface area contributed by atoms with Crippen molar-refractivity contribution in [2.24, 2.45) is 0 Å². The van der Waals surface area contributed by atoms with Crippen molar-refractivity contribution in [2.75, 3.05) is 6.61 Å². The van der Waals surface area contributed by atoms with E-state index in [1.165, 1.54) is 5.56 Å². The van der Waals surface area contributed by atoms with E-state index in [1.54, 1.807) is 6.20 Å². The van der Waals surface area contributed by atoms with Gasteiger partial charge in [-0.1, -0.05) is 0 Å². The summed E-state index contributed by atoms with van der Waals surface area (Å²) in [5, 5.41) is 0. The van der Waals surface area contributed by atoms with Gasteiger partial charge in [0.05, 0.1) is 12.8 Å². The maximum absolute atomic E-state index is 5.27. The second kappa shape index (κ2) is 2.23. The minimum absolute atomic E-state index is 0.799. The van der Waals surface area contributed by atoms with Crippen LogP contribution in [0, 0.1) is 0 Å². The van der Waals surface area contributed by atoms with Crippen LogP contribution in [0.5, 0.6) is 5.75 Å². The van der Waals surface area contributed by atoms with Gasteiger partial charge < -0.3 is 4.74 Å². The van der Waals surface area contributed by atoms with Gasteiger partial charge in [0, 0.05) is 12.0 Å². The molecule has 3 heteroatoms. The van der Waals surface area contributed by atoms with Crippen molar-refractivity contribution >= 4 is 15.9 Å². The molecule has 1 aliphatic rings. The quantitative estimate of drug-likeness (QED) is 0.595. The van der Waals surface area contributed by atoms with Gasteiger partial charge in [0.25, 0.3) is 0 Å². The summed E-state index contributed by atoms with van der Waals surface area (Å²) in [5.74, 6) is 0.934. The molecule has 0 bridgehead atoms. The van der Waals surface area contributed by atoms with E-state index in [0.717, 1.165) is 23.4 Å². The molecule has 0 unspecified atom stereocenters. The lowest BCUT2D eigenvalue weighted by Crippen LogP contribution is -1.86. The highest BCUT2D eigenvalue weighted by Crippen LogP contribution is 2.25. The molecule has 2 rings (SSSR count). The van der Waals surface area contributed by atoms with Gasteiger partial charge in [0.2, 0.25) is 0 Å². The van der Waals surface area contributed by atoms with Crippen LogP contribution < -0.4 is 4.74 Å². The van der Waals surface area contributed by atoms with E-state index < -0.39 is 0 Å². The number of nitrogens with zero attached hydrogens (tertiary/aromatic N) is 1. The fraction of sp³-hybridized carbons (Fsp3) is 0.286. The van der Waals surface area contributed by atoms with Gasteiger partial charge in [-0.05, 0) is 22.0 Å². The SMILES string of the molecule is Brc1cc2c(cn1)OCC2. The monoisotopic (exact) mass is 199 g/mol. The number of fused-ring (bicyclic) bond motifs is 1. The molecule has 0 atom stereocenters. The standard InChI is InChI=1S/C7H6BrNO/c8-7-3-5-1-2-10-6(5)4-9-7/h3-4H,1-2H2. The third kappa shape index (κ3) is 0.904. The molecule has 10 heavy (non-hydrogen) atoms. The van der Waals surface area contributed by atoms with Crippen LogP contribution in [0.3, 0.4) is 0 Å². The largest absolute Gasteiger partial charge is 0.491 e. The molecular formula is C7H6BrNO. The van der Waals surface area contributed by atoms with Crippen LogP contribution in [0.1, 0.15) is 5.56 Å². The number of ether oxygens (including phenoxy) is 1. The van der Waals surface area contributed by atoms with Gasteiger partial charge in [0.15, 0.2) is 0 Å². The molecule has 0 saturated heterocycles. The van der Waals surface area contributed by atoms with E-state index in [0.29, 0.717) is 0 Å². The summed E-state index contributed by atoms with van der Waals surface area (Å²) in [5.41, 5.74) is 1.25. The molecule has 0 saturated carbocycles. The Morgan fingerprint density at radius 3 is 3.40 bits per heavy atom. The molecule has 0 fully saturated rings. The molecule has 0 aliphatic carbocycles. The maximum atomic E-state index is 5.27. The van der Waals surface area contributed by atoms with Gasteiger partial charge in [-0.3, -0.25) is 0 Å². The zero-order valence-corrected chi connectivity index (χ0v) is 6.89. The van der Waals surface area contributed by atoms with Crippen LogP contribution in [0.25, 0.3) is 0 Å². The van der Waals surface area contributed by atoms with Crippen LogP contribution in [0.4, 0.5) is 0 Å². The van der Waals surface area contributed by atoms with Crippen LogP contribution in [0.2, 0.25) is 0 Å². The van der Waals surface area contributed by atoms with E-state index in [1.807, 2.05) is 6.07 Å². The number of halogens is 1. The smallest absolute Gasteiger partial charge is 0.140 e. The molecule has 2 nitrogen and oxygen atoms in total. The number of hydrogen-bond acceptors (Lipinski definition) is 2. The molecule has 0 spiro atoms. The first-order valence-electron chi connectivity index (χ1n) is 3.13. The molecule has 1 aliphatic heterocycles. The van der Waals surface area contributed by atoms with Gasteiger partial charge in [-0.15, -0.1) is 0 Å². The van der Waals surface area contributed by atoms with Crippen molar-refractivity contribution in [2.45, 2.75) is 6.42 Å². The first-order valence-corrected chi connectivity index (χ1v) is 3.93. The van der Waals surface area contributed by atoms with E-state index in [4.69, 9.17) is 4.74 Å². The van der Waals surface area contributed by atoms with Crippen molar-refractivity contribution in [1.29, 1.82) is 0 Å². The second-order valence-corrected chi connectivity index (χ2v) is 3.03. The first kappa shape index (κ1) is 6.16. The summed E-state index contributed by atoms with van der Waals surface area (Å²) >= 11 is 3.30. The number of rotatable bonds is 0. The zero-order valence-electron chi connectivity index (χ0n) is 5.30. The average Bonchev–Trinajstić information content (AvgIpc) is 2.33. The van der Waals surface area contributed by atoms with Gasteiger partial charge in [-0.2, -0.15) is 0 Å². The molecule has 1 aromatic heterocycles. The van der Waals surface area contributed by atoms with Crippen molar-refractivity contribution in [3.05, 3.63) is 22.4 Å². The van der Waals surface area contributed by atoms with E-state index in [9.17, 15) is 0 Å². The van der Waals surface area contributed by atoms with Crippen LogP contribution in [0.15, 0.2) is 16.9 Å². The summed E-state index contributed by atoms with van der Waals surface area (Å²) in [7, 11) is 0. The Labute approximate surface area is 67.4 Å². The summed E-state index contributed by atoms with van der Waals surface area (Å²) in [6, 6.07) is 2.00. The fourth-order valence-electron chi connectivity index (χ4n) is 1.05. The third-order valence-corrected chi connectivity index (χ3v) is 1.98. The zero-order chi connectivity index (χ0) is 6.97. The Bertz CT molecular complexity index is 262. The number of pyridine rings is 1. The second-order valence-electron chi connectivity index (χ2n) is 2.21. The van der Waals surface area contributed by atoms with Gasteiger partial charge >= 0.3 is 0 Å². The van der Waals surface area contributed by atoms with Crippen LogP contribution in [-0.4, -0.2) is 11.6 Å². The van der Waals surface area contributed by atoms with E-state index in [2.05, 4.69) is 20.9 Å². The molecule has 1 aromatic rings. The van der Waals surface area contributed by atoms with E-state index >= 15 is 0 Å². The highest BCUT2D eigenvalue weighted by molar-refractivity contribution is 9.10. The van der Waals surface area contributed by atoms with Gasteiger partial charge in [0.1, 0.15) is 10.4 Å². The molecular weight excluding hydrogens is 194 g/mol. The Hall–Kier alpha value is -0.570. The average molecular weight is 200 g/mol. The summed E-state index contributed by atoms with van der Waals surface area (Å²) in [6.07, 6.45) is 2.77. The van der Waals surface area contributed by atoms with Gasteiger partial charge in [-0.25, -0.2) is 4.98 Å². The summed E-state index contributed by atoms with van der Waals surface area (Å²) in [4.78, 5) is 4.04. The third-order valence-electron chi connectivity index (χ3n) is 1.54. The molecule has 52 valence electrons. The van der Waals surface area contributed by atoms with Crippen molar-refractivity contribution in [3.8, 4) is 5.75 Å². The first-order chi connectivity index (χ1) is 4.86. The van der Waals surface area contributed by atoms with E-state index in [-0.39, 0.29) is 0 Å². The minimum Gasteiger partial charge on any atom is -0.491 e. The van der Waals surface area contributed by atoms with Crippen LogP contribution >= 0.6 is 15.9 Å². The molecule has 0 N–H and O–H groups in total. The molecule has 2 heterocycles. The predicted octanol–water partition coefficient (Wildman–Crippen LogP) is 1.78. The lowest BCUT2D eigenvalue weighted by Gasteiger charge is -1.95. The predicted molar refractivity (Wildman–Crippen MR) is 41.1 cm³/mol. The summed E-state index contributed by atoms with van der Waals surface area (Å²) < 4.78 is 6.16. The molecule has 0 amide bonds. The normalized spacial score (nSPS) is 14.5. The minimum atomic E-state index is 0.799. The Balaban J connectivity index is 2.52. The molecule has 0 radical (unpaired) electrons.